The zero-order valence-corrected chi connectivity index (χ0v) is 18.5. The molecule has 0 saturated heterocycles. The molecule has 0 aliphatic rings. The maximum Gasteiger partial charge on any atom is 0.240 e. The lowest BCUT2D eigenvalue weighted by Crippen LogP contribution is -2.48. The molecule has 8 heteroatoms. The quantitative estimate of drug-likeness (QED) is 0.369. The molecule has 0 radical (unpaired) electrons. The van der Waals surface area contributed by atoms with Crippen LogP contribution in [0.3, 0.4) is 0 Å². The summed E-state index contributed by atoms with van der Waals surface area (Å²) < 4.78 is 14.5. The Labute approximate surface area is 168 Å². The number of carbonyl (C=O) groups excluding carboxylic acids is 1. The highest BCUT2D eigenvalue weighted by Crippen LogP contribution is 2.15. The molecule has 0 unspecified atom stereocenters. The van der Waals surface area contributed by atoms with Gasteiger partial charge >= 0.3 is 0 Å². The molecule has 0 aliphatic carbocycles. The van der Waals surface area contributed by atoms with E-state index in [1.807, 2.05) is 20.8 Å². The van der Waals surface area contributed by atoms with Gasteiger partial charge in [0.05, 0.1) is 6.54 Å². The number of carbonyl (C=O) groups is 1. The van der Waals surface area contributed by atoms with Crippen molar-refractivity contribution in [3.8, 4) is 0 Å². The second kappa shape index (κ2) is 10.2. The van der Waals surface area contributed by atoms with Crippen molar-refractivity contribution in [1.29, 1.82) is 0 Å². The lowest BCUT2D eigenvalue weighted by atomic mass is 10.1. The van der Waals surface area contributed by atoms with E-state index >= 15 is 0 Å². The largest absolute Gasteiger partial charge is 0.352 e. The van der Waals surface area contributed by atoms with Crippen molar-refractivity contribution in [2.75, 3.05) is 20.6 Å². The summed E-state index contributed by atoms with van der Waals surface area (Å²) in [5.41, 5.74) is 0.247. The fraction of sp³-hybridized carbons (Fsp3) is 0.500. The average Bonchev–Trinajstić information content (AvgIpc) is 2.39. The molecule has 24 heavy (non-hydrogen) atoms. The van der Waals surface area contributed by atoms with Crippen LogP contribution in [0.4, 0.5) is 4.39 Å². The number of aliphatic imine (C=N–C) groups is 1. The number of guanidine groups is 1. The van der Waals surface area contributed by atoms with Gasteiger partial charge in [0.2, 0.25) is 5.91 Å². The summed E-state index contributed by atoms with van der Waals surface area (Å²) in [6, 6.07) is 4.90. The van der Waals surface area contributed by atoms with Gasteiger partial charge in [0.1, 0.15) is 5.82 Å². The van der Waals surface area contributed by atoms with Crippen molar-refractivity contribution in [3.05, 3.63) is 34.1 Å². The first-order chi connectivity index (χ1) is 10.6. The Bertz CT molecular complexity index is 590. The fourth-order valence-electron chi connectivity index (χ4n) is 1.97. The SMILES string of the molecule is CN=C(NCc1ccc(Br)cc1F)N(C)CC(=O)NC(C)(C)C.I. The topological polar surface area (TPSA) is 56.7 Å². The smallest absolute Gasteiger partial charge is 0.240 e. The van der Waals surface area contributed by atoms with E-state index < -0.39 is 0 Å². The normalized spacial score (nSPS) is 11.5. The zero-order valence-electron chi connectivity index (χ0n) is 14.6. The molecule has 1 aromatic rings. The number of nitrogens with zero attached hydrogens (tertiary/aromatic N) is 2. The van der Waals surface area contributed by atoms with Crippen LogP contribution in [0.15, 0.2) is 27.7 Å². The first kappa shape index (κ1) is 23.1. The van der Waals surface area contributed by atoms with Crippen LogP contribution in [-0.4, -0.2) is 42.9 Å². The van der Waals surface area contributed by atoms with Crippen LogP contribution in [0.1, 0.15) is 26.3 Å². The van der Waals surface area contributed by atoms with E-state index in [2.05, 4.69) is 31.6 Å². The third-order valence-corrected chi connectivity index (χ3v) is 3.41. The number of hydrogen-bond acceptors (Lipinski definition) is 2. The maximum atomic E-state index is 13.8. The minimum Gasteiger partial charge on any atom is -0.352 e. The van der Waals surface area contributed by atoms with Crippen LogP contribution >= 0.6 is 39.9 Å². The third kappa shape index (κ3) is 8.27. The van der Waals surface area contributed by atoms with Crippen LogP contribution < -0.4 is 10.6 Å². The van der Waals surface area contributed by atoms with E-state index in [1.165, 1.54) is 6.07 Å². The highest BCUT2D eigenvalue weighted by molar-refractivity contribution is 14.0. The van der Waals surface area contributed by atoms with Gasteiger partial charge in [0.15, 0.2) is 5.96 Å². The van der Waals surface area contributed by atoms with E-state index in [0.717, 1.165) is 0 Å². The van der Waals surface area contributed by atoms with E-state index in [9.17, 15) is 9.18 Å². The molecule has 0 heterocycles. The lowest BCUT2D eigenvalue weighted by Gasteiger charge is -2.25. The zero-order chi connectivity index (χ0) is 17.6. The van der Waals surface area contributed by atoms with Gasteiger partial charge in [0.25, 0.3) is 0 Å². The minimum absolute atomic E-state index is 0. The van der Waals surface area contributed by atoms with Gasteiger partial charge in [-0.05, 0) is 32.9 Å². The highest BCUT2D eigenvalue weighted by Gasteiger charge is 2.16. The predicted octanol–water partition coefficient (Wildman–Crippen LogP) is 3.13. The average molecular weight is 515 g/mol. The Morgan fingerprint density at radius 1 is 1.38 bits per heavy atom. The number of nitrogens with one attached hydrogen (secondary N) is 2. The summed E-state index contributed by atoms with van der Waals surface area (Å²) in [4.78, 5) is 17.8. The van der Waals surface area contributed by atoms with Crippen LogP contribution in [-0.2, 0) is 11.3 Å². The summed E-state index contributed by atoms with van der Waals surface area (Å²) in [5, 5.41) is 5.94. The van der Waals surface area contributed by atoms with E-state index in [1.54, 1.807) is 31.1 Å². The Morgan fingerprint density at radius 2 is 2.00 bits per heavy atom. The molecule has 1 amide bonds. The van der Waals surface area contributed by atoms with Gasteiger partial charge in [-0.25, -0.2) is 4.39 Å². The summed E-state index contributed by atoms with van der Waals surface area (Å²) in [5.74, 6) is 0.129. The number of likely N-dealkylation sites (N-methyl/N-ethyl adjacent to an activating group) is 1. The summed E-state index contributed by atoms with van der Waals surface area (Å²) in [7, 11) is 3.38. The number of amides is 1. The maximum absolute atomic E-state index is 13.8. The van der Waals surface area contributed by atoms with Crippen molar-refractivity contribution < 1.29 is 9.18 Å². The number of hydrogen-bond donors (Lipinski definition) is 2. The van der Waals surface area contributed by atoms with Gasteiger partial charge < -0.3 is 15.5 Å². The second-order valence-electron chi connectivity index (χ2n) is 6.29. The van der Waals surface area contributed by atoms with Crippen molar-refractivity contribution in [1.82, 2.24) is 15.5 Å². The van der Waals surface area contributed by atoms with Crippen LogP contribution in [0, 0.1) is 5.82 Å². The molecule has 0 aliphatic heterocycles. The first-order valence-corrected chi connectivity index (χ1v) is 8.08. The molecule has 0 fully saturated rings. The molecule has 0 aromatic heterocycles. The molecule has 5 nitrogen and oxygen atoms in total. The first-order valence-electron chi connectivity index (χ1n) is 7.29. The van der Waals surface area contributed by atoms with Crippen molar-refractivity contribution >= 4 is 51.8 Å². The molecular weight excluding hydrogens is 490 g/mol. The van der Waals surface area contributed by atoms with Gasteiger partial charge in [-0.15, -0.1) is 24.0 Å². The Morgan fingerprint density at radius 3 is 2.50 bits per heavy atom. The molecule has 0 spiro atoms. The Hall–Kier alpha value is -0.900. The molecule has 2 N–H and O–H groups in total. The van der Waals surface area contributed by atoms with E-state index in [-0.39, 0.29) is 54.3 Å². The molecule has 0 atom stereocenters. The number of rotatable bonds is 4. The van der Waals surface area contributed by atoms with Gasteiger partial charge in [-0.1, -0.05) is 22.0 Å². The summed E-state index contributed by atoms with van der Waals surface area (Å²) in [6.45, 7) is 6.23. The summed E-state index contributed by atoms with van der Waals surface area (Å²) in [6.07, 6.45) is 0. The van der Waals surface area contributed by atoms with Crippen molar-refractivity contribution in [2.45, 2.75) is 32.9 Å². The molecule has 0 bridgehead atoms. The van der Waals surface area contributed by atoms with Crippen LogP contribution in [0.2, 0.25) is 0 Å². The van der Waals surface area contributed by atoms with Gasteiger partial charge in [0, 0.05) is 36.2 Å². The molecule has 136 valence electrons. The lowest BCUT2D eigenvalue weighted by molar-refractivity contribution is -0.122. The van der Waals surface area contributed by atoms with E-state index in [4.69, 9.17) is 0 Å². The highest BCUT2D eigenvalue weighted by atomic mass is 127. The Balaban J connectivity index is 0.00000529. The minimum atomic E-state index is -0.296. The van der Waals surface area contributed by atoms with Crippen LogP contribution in [0.25, 0.3) is 0 Å². The number of halogens is 3. The monoisotopic (exact) mass is 514 g/mol. The van der Waals surface area contributed by atoms with E-state index in [0.29, 0.717) is 16.0 Å². The molecular formula is C16H25BrFIN4O. The van der Waals surface area contributed by atoms with Crippen molar-refractivity contribution in [2.24, 2.45) is 4.99 Å². The Kier molecular flexibility index (Phi) is 9.79. The van der Waals surface area contributed by atoms with Crippen LogP contribution in [0.5, 0.6) is 0 Å². The van der Waals surface area contributed by atoms with Gasteiger partial charge in [-0.2, -0.15) is 0 Å². The second-order valence-corrected chi connectivity index (χ2v) is 7.21. The predicted molar refractivity (Wildman–Crippen MR) is 110 cm³/mol. The third-order valence-electron chi connectivity index (χ3n) is 2.92. The fourth-order valence-corrected chi connectivity index (χ4v) is 2.31. The van der Waals surface area contributed by atoms with Crippen molar-refractivity contribution in [3.63, 3.8) is 0 Å². The summed E-state index contributed by atoms with van der Waals surface area (Å²) >= 11 is 3.23. The molecule has 1 rings (SSSR count). The number of benzene rings is 1. The molecule has 0 saturated carbocycles. The standard InChI is InChI=1S/C16H24BrFN4O.HI/c1-16(2,3)21-14(23)10-22(5)15(19-4)20-9-11-6-7-12(17)8-13(11)18;/h6-8H,9-10H2,1-5H3,(H,19,20)(H,21,23);1H. The van der Waals surface area contributed by atoms with Gasteiger partial charge in [-0.3, -0.25) is 9.79 Å². The molecule has 1 aromatic carbocycles.